The van der Waals surface area contributed by atoms with Crippen LogP contribution in [0.15, 0.2) is 47.1 Å². The number of aromatic nitrogens is 3. The molecule has 0 saturated carbocycles. The van der Waals surface area contributed by atoms with Gasteiger partial charge >= 0.3 is 0 Å². The van der Waals surface area contributed by atoms with E-state index >= 15 is 0 Å². The Kier molecular flexibility index (Phi) is 6.73. The van der Waals surface area contributed by atoms with Gasteiger partial charge in [0.25, 0.3) is 5.91 Å². The molecule has 1 aliphatic heterocycles. The van der Waals surface area contributed by atoms with Gasteiger partial charge in [-0.3, -0.25) is 9.69 Å². The van der Waals surface area contributed by atoms with E-state index in [1.165, 1.54) is 11.8 Å². The average molecular weight is 442 g/mol. The second-order valence-corrected chi connectivity index (χ2v) is 8.85. The number of nitrogens with one attached hydrogen (secondary N) is 1. The number of nitrogens with zero attached hydrogens (tertiary/aromatic N) is 4. The molecule has 0 saturated heterocycles. The molecule has 3 aromatic rings. The number of carbonyl (C=O) groups excluding carboxylic acids is 1. The molecule has 3 heterocycles. The second-order valence-electron chi connectivity index (χ2n) is 8.41. The number of halogens is 1. The van der Waals surface area contributed by atoms with Crippen LogP contribution < -0.4 is 5.32 Å². The minimum absolute atomic E-state index is 0.221. The fourth-order valence-electron chi connectivity index (χ4n) is 3.99. The van der Waals surface area contributed by atoms with Gasteiger partial charge in [-0.25, -0.2) is 0 Å². The van der Waals surface area contributed by atoms with Gasteiger partial charge in [-0.2, -0.15) is 0 Å². The topological polar surface area (TPSA) is 76.2 Å². The van der Waals surface area contributed by atoms with Crippen LogP contribution in [0.3, 0.4) is 0 Å². The molecule has 0 fully saturated rings. The minimum atomic E-state index is -0.231. The number of furan rings is 1. The van der Waals surface area contributed by atoms with E-state index in [0.717, 1.165) is 55.7 Å². The highest BCUT2D eigenvalue weighted by molar-refractivity contribution is 6.30. The second kappa shape index (κ2) is 9.66. The lowest BCUT2D eigenvalue weighted by molar-refractivity contribution is 0.0900. The van der Waals surface area contributed by atoms with Gasteiger partial charge in [-0.05, 0) is 42.2 Å². The molecule has 0 aliphatic carbocycles. The number of rotatable bonds is 7. The Morgan fingerprint density at radius 3 is 2.68 bits per heavy atom. The summed E-state index contributed by atoms with van der Waals surface area (Å²) in [6.45, 7) is 7.74. The van der Waals surface area contributed by atoms with E-state index in [2.05, 4.69) is 51.0 Å². The van der Waals surface area contributed by atoms with Crippen molar-refractivity contribution in [3.63, 3.8) is 0 Å². The number of carbonyl (C=O) groups is 1. The first-order chi connectivity index (χ1) is 15.0. The van der Waals surface area contributed by atoms with Gasteiger partial charge in [0.1, 0.15) is 5.82 Å². The summed E-state index contributed by atoms with van der Waals surface area (Å²) in [5.74, 6) is 2.25. The predicted molar refractivity (Wildman–Crippen MR) is 119 cm³/mol. The molecule has 7 nitrogen and oxygen atoms in total. The monoisotopic (exact) mass is 441 g/mol. The number of amides is 1. The maximum Gasteiger partial charge on any atom is 0.287 e. The van der Waals surface area contributed by atoms with Gasteiger partial charge in [0, 0.05) is 37.6 Å². The standard InChI is InChI=1S/C23H28ClN5O2/c1-16(2)14-19(25-23(30)20-4-3-13-31-20)22-27-26-21-9-10-28(11-12-29(21)22)15-17-5-7-18(24)8-6-17/h3-8,13,16,19H,9-12,14-15H2,1-2H3,(H,25,30). The molecular formula is C23H28ClN5O2. The van der Waals surface area contributed by atoms with Crippen LogP contribution in [0, 0.1) is 5.92 Å². The third-order valence-electron chi connectivity index (χ3n) is 5.54. The molecule has 1 amide bonds. The molecule has 1 N–H and O–H groups in total. The van der Waals surface area contributed by atoms with Crippen LogP contribution in [0.5, 0.6) is 0 Å². The molecule has 0 radical (unpaired) electrons. The Morgan fingerprint density at radius 1 is 1.16 bits per heavy atom. The zero-order valence-corrected chi connectivity index (χ0v) is 18.7. The van der Waals surface area contributed by atoms with Crippen LogP contribution in [0.4, 0.5) is 0 Å². The quantitative estimate of drug-likeness (QED) is 0.597. The molecule has 4 rings (SSSR count). The van der Waals surface area contributed by atoms with Crippen LogP contribution in [0.25, 0.3) is 0 Å². The molecule has 1 atom stereocenters. The van der Waals surface area contributed by atoms with Gasteiger partial charge in [0.2, 0.25) is 0 Å². The van der Waals surface area contributed by atoms with Crippen molar-refractivity contribution in [2.75, 3.05) is 13.1 Å². The van der Waals surface area contributed by atoms with Crippen LogP contribution in [-0.4, -0.2) is 38.7 Å². The van der Waals surface area contributed by atoms with Crippen molar-refractivity contribution in [1.29, 1.82) is 0 Å². The van der Waals surface area contributed by atoms with Crippen molar-refractivity contribution < 1.29 is 9.21 Å². The number of benzene rings is 1. The molecule has 0 spiro atoms. The van der Waals surface area contributed by atoms with E-state index in [9.17, 15) is 4.79 Å². The Balaban J connectivity index is 1.48. The highest BCUT2D eigenvalue weighted by Gasteiger charge is 2.27. The summed E-state index contributed by atoms with van der Waals surface area (Å²) in [7, 11) is 0. The van der Waals surface area contributed by atoms with Gasteiger partial charge in [0.15, 0.2) is 11.6 Å². The van der Waals surface area contributed by atoms with Crippen molar-refractivity contribution in [2.45, 2.75) is 45.8 Å². The van der Waals surface area contributed by atoms with E-state index in [4.69, 9.17) is 16.0 Å². The summed E-state index contributed by atoms with van der Waals surface area (Å²) in [6.07, 6.45) is 3.10. The lowest BCUT2D eigenvalue weighted by Gasteiger charge is -2.22. The first-order valence-corrected chi connectivity index (χ1v) is 11.1. The van der Waals surface area contributed by atoms with E-state index < -0.39 is 0 Å². The van der Waals surface area contributed by atoms with Crippen LogP contribution >= 0.6 is 11.6 Å². The highest BCUT2D eigenvalue weighted by atomic mass is 35.5. The molecule has 2 aromatic heterocycles. The third-order valence-corrected chi connectivity index (χ3v) is 5.79. The molecule has 1 aromatic carbocycles. The zero-order valence-electron chi connectivity index (χ0n) is 17.9. The van der Waals surface area contributed by atoms with E-state index in [-0.39, 0.29) is 11.9 Å². The largest absolute Gasteiger partial charge is 0.459 e. The van der Waals surface area contributed by atoms with Gasteiger partial charge in [0.05, 0.1) is 12.3 Å². The minimum Gasteiger partial charge on any atom is -0.459 e. The third kappa shape index (κ3) is 5.35. The van der Waals surface area contributed by atoms with Crippen molar-refractivity contribution in [3.05, 3.63) is 70.7 Å². The highest BCUT2D eigenvalue weighted by Crippen LogP contribution is 2.23. The maximum atomic E-state index is 12.6. The lowest BCUT2D eigenvalue weighted by Crippen LogP contribution is -2.32. The summed E-state index contributed by atoms with van der Waals surface area (Å²) < 4.78 is 7.44. The van der Waals surface area contributed by atoms with E-state index in [0.29, 0.717) is 11.7 Å². The summed E-state index contributed by atoms with van der Waals surface area (Å²) in [6, 6.07) is 11.2. The molecule has 1 unspecified atom stereocenters. The summed E-state index contributed by atoms with van der Waals surface area (Å²) in [5.41, 5.74) is 1.24. The summed E-state index contributed by atoms with van der Waals surface area (Å²) >= 11 is 6.01. The maximum absolute atomic E-state index is 12.6. The Bertz CT molecular complexity index is 998. The van der Waals surface area contributed by atoms with Gasteiger partial charge in [-0.1, -0.05) is 37.6 Å². The molecule has 0 bridgehead atoms. The van der Waals surface area contributed by atoms with Gasteiger partial charge < -0.3 is 14.3 Å². The zero-order chi connectivity index (χ0) is 21.8. The smallest absolute Gasteiger partial charge is 0.287 e. The summed E-state index contributed by atoms with van der Waals surface area (Å²) in [5, 5.41) is 12.8. The number of hydrogen-bond acceptors (Lipinski definition) is 5. The molecular weight excluding hydrogens is 414 g/mol. The normalized spacial score (nSPS) is 15.5. The van der Waals surface area contributed by atoms with Gasteiger partial charge in [-0.15, -0.1) is 10.2 Å². The van der Waals surface area contributed by atoms with Crippen LogP contribution in [0.1, 0.15) is 54.1 Å². The SMILES string of the molecule is CC(C)CC(NC(=O)c1ccco1)c1nnc2n1CCN(Cc1ccc(Cl)cc1)CC2. The first kappa shape index (κ1) is 21.6. The summed E-state index contributed by atoms with van der Waals surface area (Å²) in [4.78, 5) is 15.0. The van der Waals surface area contributed by atoms with Crippen molar-refractivity contribution >= 4 is 17.5 Å². The van der Waals surface area contributed by atoms with Crippen molar-refractivity contribution in [1.82, 2.24) is 25.0 Å². The van der Waals surface area contributed by atoms with Crippen LogP contribution in [0.2, 0.25) is 5.02 Å². The van der Waals surface area contributed by atoms with Crippen LogP contribution in [-0.2, 0) is 19.5 Å². The molecule has 1 aliphatic rings. The molecule has 8 heteroatoms. The Morgan fingerprint density at radius 2 is 1.97 bits per heavy atom. The van der Waals surface area contributed by atoms with Crippen molar-refractivity contribution in [3.8, 4) is 0 Å². The molecule has 31 heavy (non-hydrogen) atoms. The average Bonchev–Trinajstić information content (AvgIpc) is 3.37. The Hall–Kier alpha value is -2.64. The molecule has 164 valence electrons. The fraction of sp³-hybridized carbons (Fsp3) is 0.435. The van der Waals surface area contributed by atoms with Crippen molar-refractivity contribution in [2.24, 2.45) is 5.92 Å². The Labute approximate surface area is 187 Å². The number of fused-ring (bicyclic) bond motifs is 1. The fourth-order valence-corrected chi connectivity index (χ4v) is 4.12. The van der Waals surface area contributed by atoms with E-state index in [1.54, 1.807) is 12.1 Å². The predicted octanol–water partition coefficient (Wildman–Crippen LogP) is 4.10. The number of hydrogen-bond donors (Lipinski definition) is 1. The first-order valence-electron chi connectivity index (χ1n) is 10.7. The van der Waals surface area contributed by atoms with E-state index in [1.807, 2.05) is 12.1 Å². The lowest BCUT2D eigenvalue weighted by atomic mass is 10.0.